The van der Waals surface area contributed by atoms with Gasteiger partial charge in [0.1, 0.15) is 0 Å². The van der Waals surface area contributed by atoms with E-state index in [1.165, 1.54) is 0 Å². The maximum Gasteiger partial charge on any atom is 0.501 e. The summed E-state index contributed by atoms with van der Waals surface area (Å²) in [6, 6.07) is 0.653. The Morgan fingerprint density at radius 1 is 0.880 bits per heavy atom. The lowest BCUT2D eigenvalue weighted by molar-refractivity contribution is -0.117. The first kappa shape index (κ1) is 24.2. The number of carbonyl (C=O) groups is 1. The largest absolute Gasteiger partial charge is 0.501 e. The van der Waals surface area contributed by atoms with Crippen LogP contribution in [0.15, 0.2) is 12.2 Å². The van der Waals surface area contributed by atoms with E-state index in [0.717, 1.165) is 26.1 Å². The molecule has 0 aromatic heterocycles. The number of nitrogens with one attached hydrogen (secondary N) is 4. The average molecular weight is 377 g/mol. The molecule has 0 saturated carbocycles. The van der Waals surface area contributed by atoms with Gasteiger partial charge in [0.05, 0.1) is 19.8 Å². The zero-order chi connectivity index (χ0) is 19.0. The Bertz CT molecular complexity index is 346. The van der Waals surface area contributed by atoms with Gasteiger partial charge < -0.3 is 34.5 Å². The van der Waals surface area contributed by atoms with Crippen molar-refractivity contribution in [2.75, 3.05) is 67.1 Å². The Labute approximate surface area is 153 Å². The van der Waals surface area contributed by atoms with Crippen molar-refractivity contribution >= 4 is 14.7 Å². The first-order chi connectivity index (χ1) is 12.0. The number of likely N-dealkylation sites (N-methyl/N-ethyl adjacent to an activating group) is 3. The third-order valence-electron chi connectivity index (χ3n) is 3.36. The smallest absolute Gasteiger partial charge is 0.372 e. The van der Waals surface area contributed by atoms with Crippen molar-refractivity contribution in [3.63, 3.8) is 0 Å². The molecular weight excluding hydrogens is 340 g/mol. The van der Waals surface area contributed by atoms with Crippen LogP contribution in [-0.2, 0) is 18.1 Å². The van der Waals surface area contributed by atoms with Gasteiger partial charge in [-0.1, -0.05) is 6.58 Å². The summed E-state index contributed by atoms with van der Waals surface area (Å²) in [5, 5.41) is 12.0. The summed E-state index contributed by atoms with van der Waals surface area (Å²) in [6.45, 7) is 9.64. The van der Waals surface area contributed by atoms with E-state index in [2.05, 4.69) is 27.8 Å². The number of rotatable bonds is 17. The predicted octanol–water partition coefficient (Wildman–Crippen LogP) is -0.284. The maximum absolute atomic E-state index is 11.6. The molecule has 1 amide bonds. The van der Waals surface area contributed by atoms with E-state index < -0.39 is 8.80 Å². The maximum atomic E-state index is 11.6. The molecule has 0 aliphatic carbocycles. The van der Waals surface area contributed by atoms with Gasteiger partial charge in [0.15, 0.2) is 0 Å². The lowest BCUT2D eigenvalue weighted by Gasteiger charge is -2.30. The molecule has 0 bridgehead atoms. The molecule has 0 aromatic carbocycles. The van der Waals surface area contributed by atoms with Crippen LogP contribution < -0.4 is 21.3 Å². The van der Waals surface area contributed by atoms with Crippen molar-refractivity contribution in [1.29, 1.82) is 0 Å². The molecule has 0 aliphatic rings. The molecule has 0 atom stereocenters. The van der Waals surface area contributed by atoms with E-state index in [1.807, 2.05) is 21.1 Å². The normalized spacial score (nSPS) is 11.5. The molecular formula is C16H36N4O4Si. The van der Waals surface area contributed by atoms with E-state index in [9.17, 15) is 4.79 Å². The molecule has 0 heterocycles. The molecule has 0 fully saturated rings. The first-order valence-corrected chi connectivity index (χ1v) is 10.7. The van der Waals surface area contributed by atoms with Crippen molar-refractivity contribution in [3.05, 3.63) is 12.2 Å². The van der Waals surface area contributed by atoms with Gasteiger partial charge in [-0.3, -0.25) is 4.79 Å². The third kappa shape index (κ3) is 12.2. The van der Waals surface area contributed by atoms with Crippen LogP contribution >= 0.6 is 0 Å². The highest BCUT2D eigenvalue weighted by Crippen LogP contribution is 2.18. The van der Waals surface area contributed by atoms with Crippen molar-refractivity contribution in [2.24, 2.45) is 0 Å². The molecule has 0 rings (SSSR count). The minimum Gasteiger partial charge on any atom is -0.372 e. The molecule has 0 aliphatic heterocycles. The average Bonchev–Trinajstić information content (AvgIpc) is 2.59. The van der Waals surface area contributed by atoms with Crippen molar-refractivity contribution in [2.45, 2.75) is 19.4 Å². The Balaban J connectivity index is 4.68. The standard InChI is InChI=1S/C16H36N4O4Si/c1-15(2)16(21)20-7-6-14-25(22-11-8-17-3,23-12-9-18-4)24-13-10-19-5/h17-19H,1,6-14H2,2-5H3,(H,20,21). The zero-order valence-corrected chi connectivity index (χ0v) is 17.2. The highest BCUT2D eigenvalue weighted by molar-refractivity contribution is 6.60. The topological polar surface area (TPSA) is 92.9 Å². The lowest BCUT2D eigenvalue weighted by Crippen LogP contribution is -2.49. The summed E-state index contributed by atoms with van der Waals surface area (Å²) in [7, 11) is 2.84. The molecule has 0 spiro atoms. The molecule has 0 unspecified atom stereocenters. The van der Waals surface area contributed by atoms with E-state index in [1.54, 1.807) is 6.92 Å². The highest BCUT2D eigenvalue weighted by Gasteiger charge is 2.40. The monoisotopic (exact) mass is 376 g/mol. The summed E-state index contributed by atoms with van der Waals surface area (Å²) in [6.07, 6.45) is 0.726. The molecule has 4 N–H and O–H groups in total. The Hall–Kier alpha value is -0.813. The van der Waals surface area contributed by atoms with Crippen LogP contribution in [0, 0.1) is 0 Å². The van der Waals surface area contributed by atoms with Crippen LogP contribution in [0.3, 0.4) is 0 Å². The van der Waals surface area contributed by atoms with E-state index in [0.29, 0.717) is 38.0 Å². The Morgan fingerprint density at radius 3 is 1.68 bits per heavy atom. The number of hydrogen-bond acceptors (Lipinski definition) is 7. The highest BCUT2D eigenvalue weighted by atomic mass is 28.4. The van der Waals surface area contributed by atoms with E-state index >= 15 is 0 Å². The quantitative estimate of drug-likeness (QED) is 0.158. The third-order valence-corrected chi connectivity index (χ3v) is 6.25. The van der Waals surface area contributed by atoms with Gasteiger partial charge >= 0.3 is 8.80 Å². The van der Waals surface area contributed by atoms with Crippen LogP contribution in [0.25, 0.3) is 0 Å². The minimum absolute atomic E-state index is 0.129. The summed E-state index contributed by atoms with van der Waals surface area (Å²) in [5.74, 6) is -0.129. The number of amides is 1. The van der Waals surface area contributed by atoms with Gasteiger partial charge in [-0.25, -0.2) is 0 Å². The molecule has 8 nitrogen and oxygen atoms in total. The predicted molar refractivity (Wildman–Crippen MR) is 103 cm³/mol. The van der Waals surface area contributed by atoms with Crippen LogP contribution in [0.4, 0.5) is 0 Å². The fraction of sp³-hybridized carbons (Fsp3) is 0.812. The second-order valence-electron chi connectivity index (χ2n) is 5.68. The summed E-state index contributed by atoms with van der Waals surface area (Å²) >= 11 is 0. The van der Waals surface area contributed by atoms with Crippen molar-refractivity contribution in [3.8, 4) is 0 Å². The van der Waals surface area contributed by atoms with Crippen LogP contribution in [-0.4, -0.2) is 81.9 Å². The molecule has 0 saturated heterocycles. The summed E-state index contributed by atoms with van der Waals surface area (Å²) < 4.78 is 18.2. The second-order valence-corrected chi connectivity index (χ2v) is 8.41. The molecule has 0 aromatic rings. The Morgan fingerprint density at radius 2 is 1.32 bits per heavy atom. The van der Waals surface area contributed by atoms with Crippen molar-refractivity contribution < 1.29 is 18.1 Å². The van der Waals surface area contributed by atoms with Gasteiger partial charge in [-0.05, 0) is 34.5 Å². The molecule has 25 heavy (non-hydrogen) atoms. The van der Waals surface area contributed by atoms with Crippen LogP contribution in [0.2, 0.25) is 6.04 Å². The van der Waals surface area contributed by atoms with E-state index in [4.69, 9.17) is 13.3 Å². The van der Waals surface area contributed by atoms with Gasteiger partial charge in [-0.2, -0.15) is 0 Å². The number of hydrogen-bond donors (Lipinski definition) is 4. The molecule has 148 valence electrons. The van der Waals surface area contributed by atoms with Crippen molar-refractivity contribution in [1.82, 2.24) is 21.3 Å². The van der Waals surface area contributed by atoms with Gasteiger partial charge in [0.2, 0.25) is 5.91 Å². The van der Waals surface area contributed by atoms with Gasteiger partial charge in [-0.15, -0.1) is 0 Å². The zero-order valence-electron chi connectivity index (χ0n) is 16.2. The fourth-order valence-corrected chi connectivity index (χ4v) is 4.46. The second kappa shape index (κ2) is 15.4. The SMILES string of the molecule is C=C(C)C(=O)NCCC[Si](OCCNC)(OCCNC)OCCNC. The van der Waals surface area contributed by atoms with Gasteiger partial charge in [0.25, 0.3) is 0 Å². The first-order valence-electron chi connectivity index (χ1n) is 8.80. The van der Waals surface area contributed by atoms with Crippen LogP contribution in [0.5, 0.6) is 0 Å². The summed E-state index contributed by atoms with van der Waals surface area (Å²) in [4.78, 5) is 11.6. The van der Waals surface area contributed by atoms with Crippen LogP contribution in [0.1, 0.15) is 13.3 Å². The number of carbonyl (C=O) groups excluding carboxylic acids is 1. The van der Waals surface area contributed by atoms with E-state index in [-0.39, 0.29) is 5.91 Å². The van der Waals surface area contributed by atoms with Gasteiger partial charge in [0, 0.05) is 37.8 Å². The molecule has 0 radical (unpaired) electrons. The fourth-order valence-electron chi connectivity index (χ4n) is 1.92. The Kier molecular flexibility index (Phi) is 14.9. The minimum atomic E-state index is -2.80. The summed E-state index contributed by atoms with van der Waals surface area (Å²) in [5.41, 5.74) is 0.504. The lowest BCUT2D eigenvalue weighted by atomic mass is 10.3. The molecule has 9 heteroatoms.